The Balaban J connectivity index is 0.000000196. The van der Waals surface area contributed by atoms with Crippen LogP contribution in [-0.4, -0.2) is 45.6 Å². The van der Waals surface area contributed by atoms with E-state index in [0.717, 1.165) is 12.3 Å². The number of piperidine rings is 1. The summed E-state index contributed by atoms with van der Waals surface area (Å²) in [4.78, 5) is 19.0. The van der Waals surface area contributed by atoms with Crippen molar-refractivity contribution in [2.75, 3.05) is 13.6 Å². The molecule has 10 heteroatoms. The van der Waals surface area contributed by atoms with Crippen molar-refractivity contribution in [2.45, 2.75) is 37.5 Å². The second-order valence-corrected chi connectivity index (χ2v) is 8.47. The second kappa shape index (κ2) is 11.0. The highest BCUT2D eigenvalue weighted by atomic mass is 35.5. The predicted octanol–water partition coefficient (Wildman–Crippen LogP) is 5.62. The lowest BCUT2D eigenvalue weighted by Gasteiger charge is -2.36. The third-order valence-corrected chi connectivity index (χ3v) is 6.21. The molecule has 6 nitrogen and oxygen atoms in total. The highest BCUT2D eigenvalue weighted by Crippen LogP contribution is 2.39. The van der Waals surface area contributed by atoms with Crippen LogP contribution in [0.1, 0.15) is 47.1 Å². The first-order valence-corrected chi connectivity index (χ1v) is 11.1. The van der Waals surface area contributed by atoms with E-state index in [4.69, 9.17) is 22.4 Å². The van der Waals surface area contributed by atoms with Gasteiger partial charge >= 0.3 is 12.1 Å². The van der Waals surface area contributed by atoms with E-state index in [1.54, 1.807) is 0 Å². The molecule has 4 N–H and O–H groups in total. The van der Waals surface area contributed by atoms with Crippen molar-refractivity contribution in [3.8, 4) is 11.3 Å². The first-order chi connectivity index (χ1) is 16.1. The minimum atomic E-state index is -4.58. The van der Waals surface area contributed by atoms with Gasteiger partial charge in [-0.05, 0) is 38.1 Å². The largest absolute Gasteiger partial charge is 0.475 e. The third kappa shape index (κ3) is 6.16. The van der Waals surface area contributed by atoms with Crippen LogP contribution in [0, 0.1) is 0 Å². The van der Waals surface area contributed by atoms with Gasteiger partial charge in [0.1, 0.15) is 0 Å². The summed E-state index contributed by atoms with van der Waals surface area (Å²) in [6.07, 6.45) is 0.393. The van der Waals surface area contributed by atoms with Crippen molar-refractivity contribution < 1.29 is 23.1 Å². The second-order valence-electron chi connectivity index (χ2n) is 8.10. The number of likely N-dealkylation sites (tertiary alicyclic amines) is 1. The fraction of sp³-hybridized carbons (Fsp3) is 0.333. The standard InChI is InChI=1S/C13H20N2.C11H6ClF3N2O2/c1-15-10-6-5-9-12(15)13(14)11-7-3-2-4-8-11;12-8-5(2-1-3-6(8)11(13,14)15)7-4-16-9(17-7)10(18)19/h2-4,7-8,12-13H,5-6,9-10,14H2,1H3;1-4H,(H,16,17)(H,18,19). The number of aromatic carboxylic acids is 1. The van der Waals surface area contributed by atoms with E-state index in [2.05, 4.69) is 46.2 Å². The highest BCUT2D eigenvalue weighted by Gasteiger charge is 2.34. The Morgan fingerprint density at radius 3 is 2.50 bits per heavy atom. The van der Waals surface area contributed by atoms with Crippen LogP contribution < -0.4 is 5.73 Å². The molecule has 1 saturated heterocycles. The summed E-state index contributed by atoms with van der Waals surface area (Å²) in [5.74, 6) is -1.68. The summed E-state index contributed by atoms with van der Waals surface area (Å²) < 4.78 is 38.0. The zero-order chi connectivity index (χ0) is 24.9. The summed E-state index contributed by atoms with van der Waals surface area (Å²) in [6.45, 7) is 1.19. The molecule has 1 aliphatic heterocycles. The molecule has 0 spiro atoms. The van der Waals surface area contributed by atoms with Crippen molar-refractivity contribution in [1.82, 2.24) is 14.9 Å². The van der Waals surface area contributed by atoms with Crippen molar-refractivity contribution >= 4 is 17.6 Å². The van der Waals surface area contributed by atoms with Gasteiger partial charge in [0.25, 0.3) is 0 Å². The number of hydrogen-bond donors (Lipinski definition) is 3. The van der Waals surface area contributed by atoms with Gasteiger partial charge in [-0.15, -0.1) is 0 Å². The smallest absolute Gasteiger partial charge is 0.417 e. The predicted molar refractivity (Wildman–Crippen MR) is 125 cm³/mol. The summed E-state index contributed by atoms with van der Waals surface area (Å²) in [6, 6.07) is 14.5. The number of imidazole rings is 1. The Morgan fingerprint density at radius 1 is 1.21 bits per heavy atom. The van der Waals surface area contributed by atoms with Crippen LogP contribution in [0.2, 0.25) is 5.02 Å². The number of likely N-dealkylation sites (N-methyl/N-ethyl adjacent to an activating group) is 1. The molecule has 182 valence electrons. The molecule has 2 atom stereocenters. The number of nitrogens with zero attached hydrogens (tertiary/aromatic N) is 2. The minimum Gasteiger partial charge on any atom is -0.475 e. The number of aromatic amines is 1. The molecule has 2 aromatic carbocycles. The van der Waals surface area contributed by atoms with Gasteiger partial charge in [-0.25, -0.2) is 9.78 Å². The molecular formula is C24H26ClF3N4O2. The minimum absolute atomic E-state index is 0.0384. The Labute approximate surface area is 200 Å². The van der Waals surface area contributed by atoms with Crippen LogP contribution in [0.4, 0.5) is 13.2 Å². The zero-order valence-corrected chi connectivity index (χ0v) is 19.3. The van der Waals surface area contributed by atoms with Crippen LogP contribution in [0.25, 0.3) is 11.3 Å². The zero-order valence-electron chi connectivity index (χ0n) is 18.5. The number of carboxylic acid groups (broad SMARTS) is 1. The van der Waals surface area contributed by atoms with Gasteiger partial charge < -0.3 is 20.7 Å². The number of nitrogens with two attached hydrogens (primary N) is 1. The molecule has 34 heavy (non-hydrogen) atoms. The third-order valence-electron chi connectivity index (χ3n) is 5.80. The summed E-state index contributed by atoms with van der Waals surface area (Å²) in [5, 5.41) is 8.19. The van der Waals surface area contributed by atoms with E-state index in [9.17, 15) is 18.0 Å². The SMILES string of the molecule is CN1CCCCC1C(N)c1ccccc1.O=C(O)c1ncc(-c2cccc(C(F)(F)F)c2Cl)[nH]1. The number of nitrogens with one attached hydrogen (secondary N) is 1. The maximum absolute atomic E-state index is 12.7. The van der Waals surface area contributed by atoms with Crippen LogP contribution in [0.3, 0.4) is 0 Å². The van der Waals surface area contributed by atoms with Crippen LogP contribution in [-0.2, 0) is 6.18 Å². The number of rotatable bonds is 4. The van der Waals surface area contributed by atoms with Gasteiger partial charge in [0.2, 0.25) is 5.82 Å². The molecular weight excluding hydrogens is 469 g/mol. The maximum Gasteiger partial charge on any atom is 0.417 e. The van der Waals surface area contributed by atoms with Crippen molar-refractivity contribution in [3.05, 3.63) is 76.7 Å². The first-order valence-electron chi connectivity index (χ1n) is 10.7. The monoisotopic (exact) mass is 494 g/mol. The van der Waals surface area contributed by atoms with Gasteiger partial charge in [0.05, 0.1) is 22.5 Å². The first kappa shape index (κ1) is 25.7. The van der Waals surface area contributed by atoms with Crippen LogP contribution in [0.5, 0.6) is 0 Å². The Kier molecular flexibility index (Phi) is 8.35. The normalized spacial score (nSPS) is 17.5. The Hall–Kier alpha value is -2.88. The fourth-order valence-electron chi connectivity index (χ4n) is 3.98. The average molecular weight is 495 g/mol. The number of halogens is 4. The van der Waals surface area contributed by atoms with E-state index in [0.29, 0.717) is 6.04 Å². The number of alkyl halides is 3. The number of H-pyrrole nitrogens is 1. The van der Waals surface area contributed by atoms with Gasteiger partial charge in [0, 0.05) is 17.6 Å². The van der Waals surface area contributed by atoms with E-state index >= 15 is 0 Å². The van der Waals surface area contributed by atoms with Gasteiger partial charge in [-0.2, -0.15) is 13.2 Å². The van der Waals surface area contributed by atoms with Gasteiger partial charge in [-0.3, -0.25) is 0 Å². The Bertz CT molecular complexity index is 1110. The molecule has 2 heterocycles. The molecule has 0 radical (unpaired) electrons. The molecule has 1 aromatic heterocycles. The number of hydrogen-bond acceptors (Lipinski definition) is 4. The topological polar surface area (TPSA) is 95.2 Å². The lowest BCUT2D eigenvalue weighted by molar-refractivity contribution is -0.137. The highest BCUT2D eigenvalue weighted by molar-refractivity contribution is 6.34. The van der Waals surface area contributed by atoms with Gasteiger partial charge in [0.15, 0.2) is 0 Å². The molecule has 2 unspecified atom stereocenters. The molecule has 0 amide bonds. The number of carbonyl (C=O) groups is 1. The number of benzene rings is 2. The molecule has 0 aliphatic carbocycles. The number of carboxylic acids is 1. The molecule has 0 saturated carbocycles. The Morgan fingerprint density at radius 2 is 1.91 bits per heavy atom. The lowest BCUT2D eigenvalue weighted by Crippen LogP contribution is -2.43. The molecule has 1 fully saturated rings. The average Bonchev–Trinajstić information content (AvgIpc) is 3.30. The fourth-order valence-corrected chi connectivity index (χ4v) is 4.31. The quantitative estimate of drug-likeness (QED) is 0.437. The lowest BCUT2D eigenvalue weighted by atomic mass is 9.92. The molecule has 1 aliphatic rings. The number of aromatic nitrogens is 2. The van der Waals surface area contributed by atoms with Crippen LogP contribution >= 0.6 is 11.6 Å². The molecule has 3 aromatic rings. The van der Waals surface area contributed by atoms with Crippen molar-refractivity contribution in [2.24, 2.45) is 5.73 Å². The summed E-state index contributed by atoms with van der Waals surface area (Å²) in [5.41, 5.74) is 6.73. The van der Waals surface area contributed by atoms with E-state index in [1.807, 2.05) is 6.07 Å². The van der Waals surface area contributed by atoms with Crippen molar-refractivity contribution in [1.29, 1.82) is 0 Å². The molecule has 0 bridgehead atoms. The van der Waals surface area contributed by atoms with E-state index in [1.165, 1.54) is 43.5 Å². The van der Waals surface area contributed by atoms with E-state index in [-0.39, 0.29) is 23.1 Å². The van der Waals surface area contributed by atoms with Gasteiger partial charge in [-0.1, -0.05) is 60.5 Å². The molecule has 4 rings (SSSR count). The van der Waals surface area contributed by atoms with E-state index < -0.39 is 22.7 Å². The summed E-state index contributed by atoms with van der Waals surface area (Å²) in [7, 11) is 2.19. The van der Waals surface area contributed by atoms with Crippen molar-refractivity contribution in [3.63, 3.8) is 0 Å². The van der Waals surface area contributed by atoms with Crippen LogP contribution in [0.15, 0.2) is 54.7 Å². The summed E-state index contributed by atoms with van der Waals surface area (Å²) >= 11 is 5.70. The maximum atomic E-state index is 12.7.